The number of amides is 1. The highest BCUT2D eigenvalue weighted by atomic mass is 35.5. The number of rotatable bonds is 10. The Labute approximate surface area is 231 Å². The van der Waals surface area contributed by atoms with Gasteiger partial charge in [-0.1, -0.05) is 11.6 Å². The van der Waals surface area contributed by atoms with Gasteiger partial charge in [-0.05, 0) is 12.1 Å². The van der Waals surface area contributed by atoms with Gasteiger partial charge in [0.2, 0.25) is 11.9 Å². The van der Waals surface area contributed by atoms with Crippen LogP contribution in [0.5, 0.6) is 11.5 Å². The highest BCUT2D eigenvalue weighted by Crippen LogP contribution is 2.36. The fraction of sp³-hybridized carbons (Fsp3) is 0.333. The van der Waals surface area contributed by atoms with Crippen LogP contribution < -0.4 is 20.7 Å². The predicted octanol–water partition coefficient (Wildman–Crippen LogP) is 2.99. The largest absolute Gasteiger partial charge is 0.454 e. The van der Waals surface area contributed by atoms with Gasteiger partial charge < -0.3 is 40.0 Å². The number of halogens is 4. The number of imidazole rings is 1. The highest BCUT2D eigenvalue weighted by Gasteiger charge is 2.36. The number of hydrogen-bond acceptors (Lipinski definition) is 10. The first-order valence-electron chi connectivity index (χ1n) is 11.8. The van der Waals surface area contributed by atoms with Crippen LogP contribution in [0, 0.1) is 0 Å². The molecule has 0 bridgehead atoms. The molecule has 0 aromatic carbocycles. The fourth-order valence-corrected chi connectivity index (χ4v) is 4.00. The Morgan fingerprint density at radius 3 is 2.77 bits per heavy atom. The summed E-state index contributed by atoms with van der Waals surface area (Å²) in [5.41, 5.74) is -0.554. The number of ether oxygens (including phenoxy) is 2. The van der Waals surface area contributed by atoms with Crippen LogP contribution in [0.25, 0.3) is 11.2 Å². The third-order valence-corrected chi connectivity index (χ3v) is 6.07. The highest BCUT2D eigenvalue weighted by molar-refractivity contribution is 6.36. The number of aliphatic hydroxyl groups is 1. The molecule has 4 rings (SSSR count). The van der Waals surface area contributed by atoms with E-state index in [-0.39, 0.29) is 46.3 Å². The van der Waals surface area contributed by atoms with Gasteiger partial charge in [0.25, 0.3) is 0 Å². The van der Waals surface area contributed by atoms with Crippen LogP contribution in [-0.2, 0) is 16.6 Å². The number of carbonyl (C=O) groups excluding carboxylic acids is 1. The van der Waals surface area contributed by atoms with Gasteiger partial charge in [0.05, 0.1) is 30.6 Å². The van der Waals surface area contributed by atoms with E-state index in [0.29, 0.717) is 24.4 Å². The second kappa shape index (κ2) is 12.1. The molecule has 40 heavy (non-hydrogen) atoms. The third-order valence-electron chi connectivity index (χ3n) is 5.70. The number of alkyl halides is 3. The fourth-order valence-electron chi connectivity index (χ4n) is 3.70. The zero-order valence-electron chi connectivity index (χ0n) is 21.6. The molecular weight excluding hydrogens is 557 g/mol. The monoisotopic (exact) mass is 582 g/mol. The molecule has 12 nitrogen and oxygen atoms in total. The van der Waals surface area contributed by atoms with Gasteiger partial charge in [0.1, 0.15) is 22.1 Å². The van der Waals surface area contributed by atoms with Crippen LogP contribution in [0.1, 0.15) is 0 Å². The van der Waals surface area contributed by atoms with Crippen LogP contribution >= 0.6 is 11.6 Å². The standard InChI is InChI=1S/C24H26ClF3N8O4/c1-35-12-13(24(26,27)28)8-15(22(35)38)32-23-34-21-20(36(23)2)19(25)16(10-31-21)40-14-4-5-30-17(9-14)33-18(37)11-29-6-7-39-3/h4-5,8-10,12,22,29,38H,6-7,11H2,1-3H3,(H,30,33,37)(H,31,32,34). The second-order valence-electron chi connectivity index (χ2n) is 8.65. The Hall–Kier alpha value is -3.92. The smallest absolute Gasteiger partial charge is 0.417 e. The molecule has 0 radical (unpaired) electrons. The molecule has 3 aromatic rings. The van der Waals surface area contributed by atoms with Gasteiger partial charge in [-0.3, -0.25) is 4.79 Å². The summed E-state index contributed by atoms with van der Waals surface area (Å²) in [5, 5.41) is 18.8. The van der Waals surface area contributed by atoms with E-state index in [9.17, 15) is 23.1 Å². The number of pyridine rings is 2. The summed E-state index contributed by atoms with van der Waals surface area (Å²) < 4.78 is 52.2. The van der Waals surface area contributed by atoms with E-state index in [1.807, 2.05) is 0 Å². The molecule has 1 aliphatic rings. The normalized spacial score (nSPS) is 15.6. The Morgan fingerprint density at radius 1 is 1.27 bits per heavy atom. The number of carbonyl (C=O) groups is 1. The molecular formula is C24H26ClF3N8O4. The number of allylic oxidation sites excluding steroid dienone is 2. The van der Waals surface area contributed by atoms with Crippen molar-refractivity contribution < 1.29 is 32.5 Å². The van der Waals surface area contributed by atoms with E-state index in [2.05, 4.69) is 30.9 Å². The average molecular weight is 583 g/mol. The number of aryl methyl sites for hydroxylation is 1. The van der Waals surface area contributed by atoms with Crippen molar-refractivity contribution in [3.63, 3.8) is 0 Å². The lowest BCUT2D eigenvalue weighted by atomic mass is 10.1. The average Bonchev–Trinajstić information content (AvgIpc) is 3.21. The van der Waals surface area contributed by atoms with Gasteiger partial charge in [-0.15, -0.1) is 0 Å². The number of aromatic nitrogens is 4. The number of hydrogen-bond donors (Lipinski definition) is 4. The van der Waals surface area contributed by atoms with Gasteiger partial charge in [0.15, 0.2) is 17.6 Å². The third kappa shape index (κ3) is 6.62. The zero-order chi connectivity index (χ0) is 29.0. The van der Waals surface area contributed by atoms with Crippen molar-refractivity contribution in [3.05, 3.63) is 53.1 Å². The summed E-state index contributed by atoms with van der Waals surface area (Å²) >= 11 is 6.61. The van der Waals surface area contributed by atoms with Crippen LogP contribution in [0.2, 0.25) is 5.02 Å². The van der Waals surface area contributed by atoms with Crippen LogP contribution in [-0.4, -0.2) is 81.7 Å². The first-order valence-corrected chi connectivity index (χ1v) is 12.2. The molecule has 4 heterocycles. The molecule has 0 saturated heterocycles. The maximum atomic E-state index is 13.3. The Kier molecular flexibility index (Phi) is 8.78. The molecule has 1 atom stereocenters. The predicted molar refractivity (Wildman–Crippen MR) is 141 cm³/mol. The van der Waals surface area contributed by atoms with Crippen molar-refractivity contribution >= 4 is 40.4 Å². The quantitative estimate of drug-likeness (QED) is 0.264. The van der Waals surface area contributed by atoms with Crippen LogP contribution in [0.15, 0.2) is 48.1 Å². The number of fused-ring (bicyclic) bond motifs is 1. The van der Waals surface area contributed by atoms with E-state index in [1.54, 1.807) is 20.2 Å². The summed E-state index contributed by atoms with van der Waals surface area (Å²) in [6, 6.07) is 3.06. The van der Waals surface area contributed by atoms with E-state index in [0.717, 1.165) is 17.2 Å². The molecule has 0 aliphatic carbocycles. The Bertz CT molecular complexity index is 1460. The second-order valence-corrected chi connectivity index (χ2v) is 9.02. The molecule has 3 aromatic heterocycles. The number of anilines is 2. The maximum Gasteiger partial charge on any atom is 0.417 e. The molecule has 214 valence electrons. The van der Waals surface area contributed by atoms with Crippen LogP contribution in [0.4, 0.5) is 24.9 Å². The lowest BCUT2D eigenvalue weighted by Gasteiger charge is -2.30. The van der Waals surface area contributed by atoms with Crippen molar-refractivity contribution in [1.82, 2.24) is 29.7 Å². The molecule has 0 saturated carbocycles. The minimum atomic E-state index is -4.61. The molecule has 0 spiro atoms. The summed E-state index contributed by atoms with van der Waals surface area (Å²) in [6.45, 7) is 1.05. The summed E-state index contributed by atoms with van der Waals surface area (Å²) in [6.07, 6.45) is -1.57. The van der Waals surface area contributed by atoms with Gasteiger partial charge >= 0.3 is 6.18 Å². The summed E-state index contributed by atoms with van der Waals surface area (Å²) in [5.74, 6) is 0.513. The molecule has 4 N–H and O–H groups in total. The van der Waals surface area contributed by atoms with E-state index >= 15 is 0 Å². The molecule has 16 heteroatoms. The minimum absolute atomic E-state index is 0.0669. The minimum Gasteiger partial charge on any atom is -0.454 e. The van der Waals surface area contributed by atoms with Crippen molar-refractivity contribution in [1.29, 1.82) is 0 Å². The van der Waals surface area contributed by atoms with E-state index in [1.165, 1.54) is 30.1 Å². The topological polar surface area (TPSA) is 139 Å². The lowest BCUT2D eigenvalue weighted by molar-refractivity contribution is -0.115. The van der Waals surface area contributed by atoms with Crippen molar-refractivity contribution in [2.24, 2.45) is 7.05 Å². The number of nitrogens with zero attached hydrogens (tertiary/aromatic N) is 5. The van der Waals surface area contributed by atoms with E-state index in [4.69, 9.17) is 21.1 Å². The first-order chi connectivity index (χ1) is 19.0. The molecule has 1 aliphatic heterocycles. The summed E-state index contributed by atoms with van der Waals surface area (Å²) in [4.78, 5) is 25.8. The Balaban J connectivity index is 1.53. The van der Waals surface area contributed by atoms with Crippen molar-refractivity contribution in [2.75, 3.05) is 44.5 Å². The maximum absolute atomic E-state index is 13.3. The molecule has 1 amide bonds. The van der Waals surface area contributed by atoms with Gasteiger partial charge in [-0.25, -0.2) is 9.97 Å². The lowest BCUT2D eigenvalue weighted by Crippen LogP contribution is -2.36. The van der Waals surface area contributed by atoms with Gasteiger partial charge in [-0.2, -0.15) is 18.2 Å². The van der Waals surface area contributed by atoms with Crippen LogP contribution in [0.3, 0.4) is 0 Å². The number of methoxy groups -OCH3 is 1. The zero-order valence-corrected chi connectivity index (χ0v) is 22.3. The molecule has 1 unspecified atom stereocenters. The number of nitrogens with one attached hydrogen (secondary N) is 3. The van der Waals surface area contributed by atoms with E-state index < -0.39 is 18.0 Å². The number of likely N-dealkylation sites (N-methyl/N-ethyl adjacent to an activating group) is 1. The molecule has 0 fully saturated rings. The van der Waals surface area contributed by atoms with Crippen molar-refractivity contribution in [2.45, 2.75) is 12.4 Å². The van der Waals surface area contributed by atoms with Gasteiger partial charge in [0, 0.05) is 46.2 Å². The summed E-state index contributed by atoms with van der Waals surface area (Å²) in [7, 11) is 4.46. The Morgan fingerprint density at radius 2 is 2.05 bits per heavy atom. The first kappa shape index (κ1) is 29.1. The number of aliphatic hydroxyl groups excluding tert-OH is 1. The SMILES string of the molecule is COCCNCC(=O)Nc1cc(Oc2cnc3nc(NC4=CC(C(F)(F)F)=CN(C)C4O)n(C)c3c2Cl)ccn1. The van der Waals surface area contributed by atoms with Crippen molar-refractivity contribution in [3.8, 4) is 11.5 Å².